The molecule has 0 saturated heterocycles. The summed E-state index contributed by atoms with van der Waals surface area (Å²) in [5.74, 6) is -1.52. The van der Waals surface area contributed by atoms with Gasteiger partial charge in [0, 0.05) is 38.4 Å². The van der Waals surface area contributed by atoms with Crippen molar-refractivity contribution in [3.05, 3.63) is 200 Å². The summed E-state index contributed by atoms with van der Waals surface area (Å²) in [5, 5.41) is -1.57. The first kappa shape index (κ1) is 16.0. The Labute approximate surface area is 357 Å². The number of nitrogens with zero attached hydrogens (tertiary/aromatic N) is 5. The van der Waals surface area contributed by atoms with Crippen LogP contribution in [0.1, 0.15) is 32.9 Å². The van der Waals surface area contributed by atoms with E-state index in [1.807, 2.05) is 12.1 Å². The molecule has 0 unspecified atom stereocenters. The average Bonchev–Trinajstić information content (AvgIpc) is 4.04. The summed E-state index contributed by atoms with van der Waals surface area (Å²) >= 11 is 0. The lowest BCUT2D eigenvalue weighted by molar-refractivity contribution is 0.953. The van der Waals surface area contributed by atoms with Crippen LogP contribution in [-0.4, -0.2) is 24.1 Å². The van der Waals surface area contributed by atoms with E-state index in [-0.39, 0.29) is 22.2 Å². The highest BCUT2D eigenvalue weighted by Gasteiger charge is 2.19. The van der Waals surface area contributed by atoms with E-state index >= 15 is 0 Å². The number of hydrogen-bond donors (Lipinski definition) is 0. The quantitative estimate of drug-likeness (QED) is 0.171. The van der Waals surface area contributed by atoms with E-state index < -0.39 is 212 Å². The molecule has 0 aliphatic heterocycles. The van der Waals surface area contributed by atoms with Crippen LogP contribution in [0.25, 0.3) is 100 Å². The SMILES string of the molecule is [2H]c1c([2H])c(-c2nc(-c3cccc(-c4ccccc4)c3)nc(-n3c4c([2H])c([2H])c([2H])c([2H])c4c4c([2H])c([2H])c([2H])c([2H])c43)n2)c([2H])c(-c2c([2H])c([2H])c([2H])c(-n3c4c([2H])c([2H])c([2H])c([2H])c4c4c([2H])c([2H])c([2H])c([2H])c43)c2[2H])c1[2H]. The fourth-order valence-electron chi connectivity index (χ4n) is 6.59. The Balaban J connectivity index is 1.28. The van der Waals surface area contributed by atoms with Crippen molar-refractivity contribution in [3.8, 4) is 56.7 Å². The summed E-state index contributed by atoms with van der Waals surface area (Å²) in [5.41, 5.74) is -3.45. The maximum Gasteiger partial charge on any atom is 0.238 e. The van der Waals surface area contributed by atoms with Gasteiger partial charge in [-0.2, -0.15) is 9.97 Å². The van der Waals surface area contributed by atoms with Crippen LogP contribution in [0.4, 0.5) is 0 Å². The zero-order chi connectivity index (χ0) is 57.9. The van der Waals surface area contributed by atoms with Crippen LogP contribution in [0.15, 0.2) is 200 Å². The smallest absolute Gasteiger partial charge is 0.238 e. The molecule has 262 valence electrons. The van der Waals surface area contributed by atoms with Crippen molar-refractivity contribution in [1.82, 2.24) is 24.1 Å². The van der Waals surface area contributed by atoms with E-state index in [4.69, 9.17) is 28.3 Å². The van der Waals surface area contributed by atoms with Gasteiger partial charge >= 0.3 is 0 Å². The predicted octanol–water partition coefficient (Wildman–Crippen LogP) is 12.7. The van der Waals surface area contributed by atoms with Gasteiger partial charge in [-0.3, -0.25) is 4.57 Å². The topological polar surface area (TPSA) is 48.5 Å². The molecule has 0 spiro atoms. The van der Waals surface area contributed by atoms with E-state index in [9.17, 15) is 9.60 Å². The molecule has 5 nitrogen and oxygen atoms in total. The molecule has 0 bridgehead atoms. The van der Waals surface area contributed by atoms with Crippen LogP contribution in [0.3, 0.4) is 0 Å². The molecule has 0 aliphatic carbocycles. The van der Waals surface area contributed by atoms with Crippen molar-refractivity contribution in [1.29, 1.82) is 0 Å². The Hall–Kier alpha value is -7.63. The summed E-state index contributed by atoms with van der Waals surface area (Å²) in [6, 6.07) is -4.27. The van der Waals surface area contributed by atoms with Crippen molar-refractivity contribution in [2.24, 2.45) is 0 Å². The number of para-hydroxylation sites is 4. The van der Waals surface area contributed by atoms with E-state index in [2.05, 4.69) is 9.97 Å². The molecule has 0 aliphatic rings. The van der Waals surface area contributed by atoms with Gasteiger partial charge in [-0.05, 0) is 70.6 Å². The van der Waals surface area contributed by atoms with E-state index in [0.717, 1.165) is 14.7 Å². The lowest BCUT2D eigenvalue weighted by Gasteiger charge is -2.13. The number of benzene rings is 8. The highest BCUT2D eigenvalue weighted by atomic mass is 15.2. The Kier molecular flexibility index (Phi) is 3.73. The molecule has 0 fully saturated rings. The van der Waals surface area contributed by atoms with E-state index in [1.165, 1.54) is 0 Å². The highest BCUT2D eigenvalue weighted by molar-refractivity contribution is 6.10. The number of rotatable bonds is 6. The molecule has 0 N–H and O–H groups in total. The monoisotopic (exact) mass is 739 g/mol. The first-order valence-corrected chi connectivity index (χ1v) is 16.9. The molecule has 3 heterocycles. The van der Waals surface area contributed by atoms with Gasteiger partial charge in [0.2, 0.25) is 5.95 Å². The first-order chi connectivity index (χ1) is 37.8. The molecule has 8 aromatic carbocycles. The summed E-state index contributed by atoms with van der Waals surface area (Å²) in [4.78, 5) is 14.1. The second kappa shape index (κ2) is 13.0. The number of aromatic nitrogens is 5. The minimum absolute atomic E-state index is 0.223. The molecular weight excluding hydrogens is 683 g/mol. The van der Waals surface area contributed by atoms with Crippen molar-refractivity contribution < 1.29 is 32.9 Å². The van der Waals surface area contributed by atoms with Crippen LogP contribution in [0.5, 0.6) is 0 Å². The van der Waals surface area contributed by atoms with Crippen LogP contribution in [0, 0.1) is 0 Å². The molecule has 0 saturated carbocycles. The number of fused-ring (bicyclic) bond motifs is 6. The Morgan fingerprint density at radius 3 is 1.46 bits per heavy atom. The zero-order valence-corrected chi connectivity index (χ0v) is 28.4. The summed E-state index contributed by atoms with van der Waals surface area (Å²) < 4.78 is 218. The summed E-state index contributed by atoms with van der Waals surface area (Å²) in [7, 11) is 0. The standard InChI is InChI=1S/C51H33N5/c1-2-15-34(16-3-1)35-17-12-20-38(31-35)49-52-50(54-51(53-49)56-47-29-10-6-25-43(47)44-26-7-11-30-48(44)56)39-21-13-18-36(32-39)37-19-14-22-40(33-37)55-45-27-8-4-23-41(45)42-24-5-9-28-46(42)55/h1-33H/i4D,5D,6D,7D,8D,9D,10D,11D,13D,14D,18D,19D,21D,22D,23D,24D,25D,26D,27D,28D,29D,30D,32D,33D. The van der Waals surface area contributed by atoms with Crippen LogP contribution in [-0.2, 0) is 0 Å². The van der Waals surface area contributed by atoms with E-state index in [1.54, 1.807) is 42.5 Å². The molecule has 11 rings (SSSR count). The molecule has 0 atom stereocenters. The van der Waals surface area contributed by atoms with Gasteiger partial charge in [0.05, 0.1) is 55.0 Å². The second-order valence-electron chi connectivity index (χ2n) is 12.3. The Bertz CT molecular complexity index is 4500. The molecule has 56 heavy (non-hydrogen) atoms. The third kappa shape index (κ3) is 5.29. The van der Waals surface area contributed by atoms with Gasteiger partial charge in [0.1, 0.15) is 0 Å². The fraction of sp³-hybridized carbons (Fsp3) is 0. The van der Waals surface area contributed by atoms with Gasteiger partial charge in [-0.1, -0.05) is 151 Å². The second-order valence-corrected chi connectivity index (χ2v) is 12.3. The highest BCUT2D eigenvalue weighted by Crippen LogP contribution is 2.36. The maximum atomic E-state index is 9.90. The van der Waals surface area contributed by atoms with Crippen LogP contribution < -0.4 is 0 Å². The summed E-state index contributed by atoms with van der Waals surface area (Å²) in [6.45, 7) is 0. The minimum Gasteiger partial charge on any atom is -0.309 e. The van der Waals surface area contributed by atoms with Gasteiger partial charge in [-0.15, -0.1) is 0 Å². The van der Waals surface area contributed by atoms with Gasteiger partial charge < -0.3 is 4.57 Å². The van der Waals surface area contributed by atoms with Gasteiger partial charge in [0.15, 0.2) is 11.6 Å². The predicted molar refractivity (Wildman–Crippen MR) is 230 cm³/mol. The van der Waals surface area contributed by atoms with Gasteiger partial charge in [0.25, 0.3) is 0 Å². The summed E-state index contributed by atoms with van der Waals surface area (Å²) in [6.07, 6.45) is 0. The molecule has 0 amide bonds. The molecule has 0 radical (unpaired) electrons. The zero-order valence-electron chi connectivity index (χ0n) is 52.4. The third-order valence-electron chi connectivity index (χ3n) is 9.05. The average molecular weight is 740 g/mol. The van der Waals surface area contributed by atoms with Gasteiger partial charge in [-0.25, -0.2) is 4.98 Å². The molecular formula is C51H33N5. The van der Waals surface area contributed by atoms with Crippen molar-refractivity contribution in [3.63, 3.8) is 0 Å². The molecule has 11 aromatic rings. The van der Waals surface area contributed by atoms with Crippen molar-refractivity contribution in [2.75, 3.05) is 0 Å². The lowest BCUT2D eigenvalue weighted by atomic mass is 10.0. The molecule has 3 aromatic heterocycles. The van der Waals surface area contributed by atoms with Crippen molar-refractivity contribution in [2.45, 2.75) is 0 Å². The minimum atomic E-state index is -1.01. The fourth-order valence-corrected chi connectivity index (χ4v) is 6.59. The van der Waals surface area contributed by atoms with Crippen molar-refractivity contribution >= 4 is 43.6 Å². The largest absolute Gasteiger partial charge is 0.309 e. The number of hydrogen-bond acceptors (Lipinski definition) is 3. The van der Waals surface area contributed by atoms with Crippen LogP contribution in [0.2, 0.25) is 0 Å². The van der Waals surface area contributed by atoms with Crippen LogP contribution >= 0.6 is 0 Å². The Morgan fingerprint density at radius 1 is 0.357 bits per heavy atom. The molecule has 5 heteroatoms. The third-order valence-corrected chi connectivity index (χ3v) is 9.05. The van der Waals surface area contributed by atoms with E-state index in [0.29, 0.717) is 5.56 Å². The lowest BCUT2D eigenvalue weighted by Crippen LogP contribution is -2.06. The normalized spacial score (nSPS) is 17.6. The first-order valence-electron chi connectivity index (χ1n) is 28.9. The maximum absolute atomic E-state index is 9.90. The Morgan fingerprint density at radius 2 is 0.839 bits per heavy atom.